The summed E-state index contributed by atoms with van der Waals surface area (Å²) in [4.78, 5) is 19.2. The average molecular weight is 359 g/mol. The predicted octanol–water partition coefficient (Wildman–Crippen LogP) is 3.52. The first kappa shape index (κ1) is 17.0. The van der Waals surface area contributed by atoms with Gasteiger partial charge in [0.25, 0.3) is 5.91 Å². The Morgan fingerprint density at radius 3 is 2.19 bits per heavy atom. The normalized spacial score (nSPS) is 19.3. The maximum atomic E-state index is 13.3. The van der Waals surface area contributed by atoms with Gasteiger partial charge in [-0.2, -0.15) is 0 Å². The molecule has 4 nitrogen and oxygen atoms in total. The number of hydrogen-bond donors (Lipinski definition) is 1. The van der Waals surface area contributed by atoms with Crippen LogP contribution in [0, 0.1) is 5.82 Å². The van der Waals surface area contributed by atoms with Gasteiger partial charge in [-0.3, -0.25) is 9.69 Å². The molecule has 4 rings (SSSR count). The van der Waals surface area contributed by atoms with Crippen LogP contribution in [0.3, 0.4) is 0 Å². The van der Waals surface area contributed by atoms with E-state index in [1.807, 2.05) is 54.6 Å². The zero-order valence-corrected chi connectivity index (χ0v) is 14.8. The van der Waals surface area contributed by atoms with Crippen molar-refractivity contribution >= 4 is 11.9 Å². The number of benzene rings is 3. The lowest BCUT2D eigenvalue weighted by Gasteiger charge is -2.26. The van der Waals surface area contributed by atoms with Crippen LogP contribution in [0.1, 0.15) is 11.1 Å². The van der Waals surface area contributed by atoms with Crippen LogP contribution in [-0.4, -0.2) is 23.8 Å². The highest BCUT2D eigenvalue weighted by Gasteiger charge is 2.49. The second kappa shape index (κ2) is 6.36. The van der Waals surface area contributed by atoms with Crippen LogP contribution in [0.15, 0.2) is 83.9 Å². The molecule has 1 aliphatic heterocycles. The Labute approximate surface area is 156 Å². The molecular formula is C22H18FN3O. The second-order valence-corrected chi connectivity index (χ2v) is 6.50. The molecule has 0 unspecified atom stereocenters. The van der Waals surface area contributed by atoms with E-state index in [0.717, 1.165) is 16.7 Å². The molecule has 1 atom stereocenters. The van der Waals surface area contributed by atoms with Gasteiger partial charge in [0.15, 0.2) is 11.5 Å². The number of rotatable bonds is 3. The zero-order chi connectivity index (χ0) is 19.0. The Bertz CT molecular complexity index is 1030. The van der Waals surface area contributed by atoms with Gasteiger partial charge >= 0.3 is 0 Å². The average Bonchev–Trinajstić information content (AvgIpc) is 2.94. The molecule has 0 saturated carbocycles. The molecule has 0 fully saturated rings. The Balaban J connectivity index is 1.92. The van der Waals surface area contributed by atoms with Crippen LogP contribution in [-0.2, 0) is 10.3 Å². The van der Waals surface area contributed by atoms with Crippen LogP contribution >= 0.6 is 0 Å². The highest BCUT2D eigenvalue weighted by molar-refractivity contribution is 6.09. The van der Waals surface area contributed by atoms with Crippen LogP contribution in [0.5, 0.6) is 0 Å². The van der Waals surface area contributed by atoms with Crippen molar-refractivity contribution in [3.8, 4) is 11.1 Å². The predicted molar refractivity (Wildman–Crippen MR) is 103 cm³/mol. The van der Waals surface area contributed by atoms with Crippen LogP contribution in [0.25, 0.3) is 11.1 Å². The molecule has 0 bridgehead atoms. The third-order valence-corrected chi connectivity index (χ3v) is 4.89. The topological polar surface area (TPSA) is 58.7 Å². The van der Waals surface area contributed by atoms with Crippen molar-refractivity contribution in [2.24, 2.45) is 10.7 Å². The minimum absolute atomic E-state index is 0.177. The number of nitrogens with two attached hydrogens (primary N) is 1. The minimum atomic E-state index is -1.23. The van der Waals surface area contributed by atoms with Gasteiger partial charge in [-0.05, 0) is 40.5 Å². The molecule has 0 saturated heterocycles. The van der Waals surface area contributed by atoms with Gasteiger partial charge in [-0.15, -0.1) is 0 Å². The molecule has 5 heteroatoms. The van der Waals surface area contributed by atoms with Crippen molar-refractivity contribution in [1.82, 2.24) is 4.90 Å². The minimum Gasteiger partial charge on any atom is -0.369 e. The molecule has 1 heterocycles. The van der Waals surface area contributed by atoms with E-state index in [4.69, 9.17) is 5.73 Å². The van der Waals surface area contributed by atoms with E-state index in [9.17, 15) is 9.18 Å². The molecule has 0 aliphatic carbocycles. The summed E-state index contributed by atoms with van der Waals surface area (Å²) in [6.07, 6.45) is 0. The summed E-state index contributed by atoms with van der Waals surface area (Å²) in [5.74, 6) is -0.320. The Hall–Kier alpha value is -3.47. The molecule has 3 aromatic rings. The highest BCUT2D eigenvalue weighted by Crippen LogP contribution is 2.40. The molecule has 2 N–H and O–H groups in total. The van der Waals surface area contributed by atoms with Crippen molar-refractivity contribution in [3.63, 3.8) is 0 Å². The molecular weight excluding hydrogens is 341 g/mol. The van der Waals surface area contributed by atoms with Gasteiger partial charge in [0.05, 0.1) is 0 Å². The monoisotopic (exact) mass is 359 g/mol. The summed E-state index contributed by atoms with van der Waals surface area (Å²) in [6, 6.07) is 23.2. The molecule has 3 aromatic carbocycles. The first-order valence-electron chi connectivity index (χ1n) is 8.58. The molecule has 0 spiro atoms. The Morgan fingerprint density at radius 2 is 1.56 bits per heavy atom. The standard InChI is InChI=1S/C22H18FN3O/c1-26-20(27)22(25-21(26)24,17-7-3-2-4-8-17)18-9-5-6-16(14-18)15-10-12-19(23)13-11-15/h2-14H,1H3,(H2,24,25)/t22-/m1/s1. The number of amides is 1. The lowest BCUT2D eigenvalue weighted by atomic mass is 9.82. The third kappa shape index (κ3) is 2.68. The van der Waals surface area contributed by atoms with E-state index in [-0.39, 0.29) is 17.7 Å². The molecule has 0 radical (unpaired) electrons. The molecule has 1 aliphatic rings. The Kier molecular flexibility index (Phi) is 4.00. The third-order valence-electron chi connectivity index (χ3n) is 4.89. The number of hydrogen-bond acceptors (Lipinski definition) is 3. The summed E-state index contributed by atoms with van der Waals surface area (Å²) < 4.78 is 13.3. The number of carbonyl (C=O) groups is 1. The number of aliphatic imine (C=N–C) groups is 1. The van der Waals surface area contributed by atoms with E-state index in [0.29, 0.717) is 5.56 Å². The zero-order valence-electron chi connectivity index (χ0n) is 14.8. The van der Waals surface area contributed by atoms with Gasteiger partial charge in [-0.25, -0.2) is 9.38 Å². The smallest absolute Gasteiger partial charge is 0.266 e. The summed E-state index contributed by atoms with van der Waals surface area (Å²) in [6.45, 7) is 0. The lowest BCUT2D eigenvalue weighted by Crippen LogP contribution is -2.41. The largest absolute Gasteiger partial charge is 0.369 e. The van der Waals surface area contributed by atoms with E-state index < -0.39 is 5.54 Å². The van der Waals surface area contributed by atoms with Crippen molar-refractivity contribution in [2.45, 2.75) is 5.54 Å². The highest BCUT2D eigenvalue weighted by atomic mass is 19.1. The quantitative estimate of drug-likeness (QED) is 0.778. The van der Waals surface area contributed by atoms with Crippen molar-refractivity contribution in [3.05, 3.63) is 95.8 Å². The van der Waals surface area contributed by atoms with E-state index >= 15 is 0 Å². The fourth-order valence-corrected chi connectivity index (χ4v) is 3.43. The number of guanidine groups is 1. The second-order valence-electron chi connectivity index (χ2n) is 6.50. The van der Waals surface area contributed by atoms with E-state index in [1.54, 1.807) is 19.2 Å². The number of carbonyl (C=O) groups excluding carboxylic acids is 1. The maximum Gasteiger partial charge on any atom is 0.266 e. The maximum absolute atomic E-state index is 13.3. The molecule has 27 heavy (non-hydrogen) atoms. The van der Waals surface area contributed by atoms with Crippen LogP contribution in [0.2, 0.25) is 0 Å². The number of halogens is 1. The first-order valence-corrected chi connectivity index (χ1v) is 8.58. The number of nitrogens with zero attached hydrogens (tertiary/aromatic N) is 2. The van der Waals surface area contributed by atoms with Crippen LogP contribution < -0.4 is 5.73 Å². The van der Waals surface area contributed by atoms with Gasteiger partial charge < -0.3 is 5.73 Å². The fourth-order valence-electron chi connectivity index (χ4n) is 3.43. The number of likely N-dealkylation sites (N-methyl/N-ethyl adjacent to an activating group) is 1. The SMILES string of the molecule is CN1C(=O)[C@@](c2ccccc2)(c2cccc(-c3ccc(F)cc3)c2)N=C1N. The summed E-state index contributed by atoms with van der Waals surface area (Å²) in [7, 11) is 1.62. The van der Waals surface area contributed by atoms with Crippen molar-refractivity contribution in [1.29, 1.82) is 0 Å². The van der Waals surface area contributed by atoms with E-state index in [1.165, 1.54) is 17.0 Å². The Morgan fingerprint density at radius 1 is 0.889 bits per heavy atom. The molecule has 134 valence electrons. The van der Waals surface area contributed by atoms with Gasteiger partial charge in [-0.1, -0.05) is 60.7 Å². The van der Waals surface area contributed by atoms with Crippen LogP contribution in [0.4, 0.5) is 4.39 Å². The summed E-state index contributed by atoms with van der Waals surface area (Å²) in [5, 5.41) is 0. The summed E-state index contributed by atoms with van der Waals surface area (Å²) in [5.41, 5.74) is 7.97. The van der Waals surface area contributed by atoms with Gasteiger partial charge in [0, 0.05) is 7.05 Å². The lowest BCUT2D eigenvalue weighted by molar-refractivity contribution is -0.129. The van der Waals surface area contributed by atoms with Gasteiger partial charge in [0.2, 0.25) is 0 Å². The van der Waals surface area contributed by atoms with E-state index in [2.05, 4.69) is 4.99 Å². The van der Waals surface area contributed by atoms with Crippen molar-refractivity contribution < 1.29 is 9.18 Å². The van der Waals surface area contributed by atoms with Crippen molar-refractivity contribution in [2.75, 3.05) is 7.05 Å². The first-order chi connectivity index (χ1) is 13.0. The molecule has 0 aromatic heterocycles. The van der Waals surface area contributed by atoms with Gasteiger partial charge in [0.1, 0.15) is 5.82 Å². The fraction of sp³-hybridized carbons (Fsp3) is 0.0909. The molecule has 1 amide bonds. The summed E-state index contributed by atoms with van der Waals surface area (Å²) >= 11 is 0.